The van der Waals surface area contributed by atoms with E-state index in [0.717, 1.165) is 0 Å². The van der Waals surface area contributed by atoms with Gasteiger partial charge in [-0.15, -0.1) is 12.6 Å². The molecule has 6 heteroatoms. The number of thiol groups is 1. The molecule has 1 heterocycles. The monoisotopic (exact) mass is 215 g/mol. The Bertz CT molecular complexity index is 337. The quantitative estimate of drug-likeness (QED) is 0.641. The molecule has 14 heavy (non-hydrogen) atoms. The molecule has 1 aromatic rings. The number of aromatic nitrogens is 2. The average Bonchev–Trinajstić information content (AvgIpc) is 2.41. The highest BCUT2D eigenvalue weighted by atomic mass is 32.1. The molecule has 0 saturated carbocycles. The lowest BCUT2D eigenvalue weighted by Gasteiger charge is -2.09. The van der Waals surface area contributed by atoms with E-state index >= 15 is 0 Å². The lowest BCUT2D eigenvalue weighted by Crippen LogP contribution is -2.16. The summed E-state index contributed by atoms with van der Waals surface area (Å²) in [5.41, 5.74) is 5.78. The second-order valence-corrected chi connectivity index (χ2v) is 3.57. The number of carboxylic acid groups (broad SMARTS) is 1. The molecule has 0 aliphatic rings. The molecule has 5 nitrogen and oxygen atoms in total. The Morgan fingerprint density at radius 1 is 1.86 bits per heavy atom. The van der Waals surface area contributed by atoms with Gasteiger partial charge in [0, 0.05) is 19.7 Å². The fourth-order valence-electron chi connectivity index (χ4n) is 1.22. The van der Waals surface area contributed by atoms with Crippen LogP contribution in [-0.2, 0) is 11.8 Å². The van der Waals surface area contributed by atoms with E-state index in [4.69, 9.17) is 10.8 Å². The number of imidazole rings is 1. The van der Waals surface area contributed by atoms with Crippen LogP contribution < -0.4 is 5.73 Å². The summed E-state index contributed by atoms with van der Waals surface area (Å²) in [7, 11) is 1.81. The lowest BCUT2D eigenvalue weighted by molar-refractivity contribution is -0.137. The molecule has 0 saturated heterocycles. The maximum Gasteiger partial charge on any atom is 0.303 e. The standard InChI is InChI=1S/C8H13N3O2S/c1-11-4-6(14)10-8(11)5(9)2-3-7(12)13/h4-5,14H,2-3,9H2,1H3,(H,12,13)/t5-/m0/s1. The van der Waals surface area contributed by atoms with E-state index in [1.165, 1.54) is 0 Å². The highest BCUT2D eigenvalue weighted by molar-refractivity contribution is 7.80. The van der Waals surface area contributed by atoms with Crippen LogP contribution in [0.5, 0.6) is 0 Å². The van der Waals surface area contributed by atoms with Crippen LogP contribution in [0.15, 0.2) is 11.2 Å². The molecule has 1 aromatic heterocycles. The van der Waals surface area contributed by atoms with Gasteiger partial charge in [-0.1, -0.05) is 0 Å². The van der Waals surface area contributed by atoms with Gasteiger partial charge in [0.25, 0.3) is 0 Å². The summed E-state index contributed by atoms with van der Waals surface area (Å²) in [6.45, 7) is 0. The summed E-state index contributed by atoms with van der Waals surface area (Å²) in [4.78, 5) is 14.4. The number of carbonyl (C=O) groups is 1. The molecule has 0 fully saturated rings. The fourth-order valence-corrected chi connectivity index (χ4v) is 1.49. The van der Waals surface area contributed by atoms with E-state index < -0.39 is 5.97 Å². The first kappa shape index (κ1) is 11.1. The van der Waals surface area contributed by atoms with Gasteiger partial charge in [-0.05, 0) is 6.42 Å². The number of nitrogens with zero attached hydrogens (tertiary/aromatic N) is 2. The molecule has 0 spiro atoms. The van der Waals surface area contributed by atoms with Crippen molar-refractivity contribution in [1.29, 1.82) is 0 Å². The van der Waals surface area contributed by atoms with Crippen LogP contribution in [0.4, 0.5) is 0 Å². The number of hydrogen-bond donors (Lipinski definition) is 3. The van der Waals surface area contributed by atoms with E-state index in [1.807, 2.05) is 7.05 Å². The Morgan fingerprint density at radius 3 is 2.93 bits per heavy atom. The molecule has 1 atom stereocenters. The van der Waals surface area contributed by atoms with Gasteiger partial charge in [-0.25, -0.2) is 4.98 Å². The Morgan fingerprint density at radius 2 is 2.50 bits per heavy atom. The molecule has 0 radical (unpaired) electrons. The minimum Gasteiger partial charge on any atom is -0.481 e. The van der Waals surface area contributed by atoms with Crippen LogP contribution in [0.1, 0.15) is 24.7 Å². The molecule has 0 aliphatic carbocycles. The first-order chi connectivity index (χ1) is 6.50. The molecule has 0 amide bonds. The molecule has 1 rings (SSSR count). The highest BCUT2D eigenvalue weighted by Crippen LogP contribution is 2.16. The molecular weight excluding hydrogens is 202 g/mol. The molecular formula is C8H13N3O2S. The summed E-state index contributed by atoms with van der Waals surface area (Å²) in [6, 6.07) is -0.350. The molecule has 0 bridgehead atoms. The number of rotatable bonds is 4. The molecule has 0 aliphatic heterocycles. The van der Waals surface area contributed by atoms with Crippen molar-refractivity contribution < 1.29 is 9.90 Å². The van der Waals surface area contributed by atoms with Crippen molar-refractivity contribution in [2.24, 2.45) is 12.8 Å². The number of aliphatic carboxylic acids is 1. The summed E-state index contributed by atoms with van der Waals surface area (Å²) in [5.74, 6) is -0.183. The largest absolute Gasteiger partial charge is 0.481 e. The van der Waals surface area contributed by atoms with E-state index in [2.05, 4.69) is 17.6 Å². The van der Waals surface area contributed by atoms with Crippen molar-refractivity contribution in [3.8, 4) is 0 Å². The zero-order valence-corrected chi connectivity index (χ0v) is 8.74. The first-order valence-electron chi connectivity index (χ1n) is 4.20. The van der Waals surface area contributed by atoms with Crippen molar-refractivity contribution in [1.82, 2.24) is 9.55 Å². The molecule has 0 unspecified atom stereocenters. The highest BCUT2D eigenvalue weighted by Gasteiger charge is 2.13. The number of nitrogens with two attached hydrogens (primary N) is 1. The third kappa shape index (κ3) is 2.74. The Balaban J connectivity index is 2.64. The summed E-state index contributed by atoms with van der Waals surface area (Å²) < 4.78 is 1.76. The van der Waals surface area contributed by atoms with Gasteiger partial charge in [0.15, 0.2) is 0 Å². The Labute approximate surface area is 87.3 Å². The van der Waals surface area contributed by atoms with Crippen LogP contribution >= 0.6 is 12.6 Å². The predicted molar refractivity (Wildman–Crippen MR) is 54.3 cm³/mol. The number of aryl methyl sites for hydroxylation is 1. The minimum atomic E-state index is -0.847. The van der Waals surface area contributed by atoms with E-state index in [0.29, 0.717) is 17.3 Å². The van der Waals surface area contributed by atoms with E-state index in [-0.39, 0.29) is 12.5 Å². The average molecular weight is 215 g/mol. The van der Waals surface area contributed by atoms with Crippen molar-refractivity contribution in [2.75, 3.05) is 0 Å². The second-order valence-electron chi connectivity index (χ2n) is 3.11. The van der Waals surface area contributed by atoms with Crippen LogP contribution in [0.25, 0.3) is 0 Å². The maximum atomic E-state index is 10.3. The number of carboxylic acids is 1. The van der Waals surface area contributed by atoms with Crippen molar-refractivity contribution in [3.05, 3.63) is 12.0 Å². The zero-order chi connectivity index (χ0) is 10.7. The van der Waals surface area contributed by atoms with E-state index in [9.17, 15) is 4.79 Å². The Kier molecular flexibility index (Phi) is 3.54. The molecule has 0 aromatic carbocycles. The van der Waals surface area contributed by atoms with Gasteiger partial charge < -0.3 is 15.4 Å². The number of hydrogen-bond acceptors (Lipinski definition) is 4. The summed E-state index contributed by atoms with van der Waals surface area (Å²) in [5, 5.41) is 9.08. The van der Waals surface area contributed by atoms with Gasteiger partial charge in [0.2, 0.25) is 0 Å². The van der Waals surface area contributed by atoms with Crippen LogP contribution in [-0.4, -0.2) is 20.6 Å². The fraction of sp³-hybridized carbons (Fsp3) is 0.500. The topological polar surface area (TPSA) is 81.1 Å². The van der Waals surface area contributed by atoms with Gasteiger partial charge in [0.1, 0.15) is 10.9 Å². The van der Waals surface area contributed by atoms with Gasteiger partial charge in [0.05, 0.1) is 6.04 Å². The van der Waals surface area contributed by atoms with Crippen LogP contribution in [0, 0.1) is 0 Å². The third-order valence-corrected chi connectivity index (χ3v) is 2.12. The van der Waals surface area contributed by atoms with Gasteiger partial charge in [-0.3, -0.25) is 4.79 Å². The SMILES string of the molecule is Cn1cc(S)nc1[C@@H](N)CCC(=O)O. The Hall–Kier alpha value is -1.01. The van der Waals surface area contributed by atoms with Gasteiger partial charge >= 0.3 is 5.97 Å². The summed E-state index contributed by atoms with van der Waals surface area (Å²) in [6.07, 6.45) is 2.17. The predicted octanol–water partition coefficient (Wildman–Crippen LogP) is 0.573. The molecule has 3 N–H and O–H groups in total. The van der Waals surface area contributed by atoms with Crippen LogP contribution in [0.3, 0.4) is 0 Å². The zero-order valence-electron chi connectivity index (χ0n) is 7.84. The van der Waals surface area contributed by atoms with Crippen molar-refractivity contribution in [3.63, 3.8) is 0 Å². The van der Waals surface area contributed by atoms with Crippen LogP contribution in [0.2, 0.25) is 0 Å². The molecule has 78 valence electrons. The van der Waals surface area contributed by atoms with E-state index in [1.54, 1.807) is 10.8 Å². The summed E-state index contributed by atoms with van der Waals surface area (Å²) >= 11 is 4.07. The third-order valence-electron chi connectivity index (χ3n) is 1.90. The van der Waals surface area contributed by atoms with Crippen molar-refractivity contribution in [2.45, 2.75) is 23.9 Å². The van der Waals surface area contributed by atoms with Crippen molar-refractivity contribution >= 4 is 18.6 Å². The maximum absolute atomic E-state index is 10.3. The van der Waals surface area contributed by atoms with Gasteiger partial charge in [-0.2, -0.15) is 0 Å². The smallest absolute Gasteiger partial charge is 0.303 e. The minimum absolute atomic E-state index is 0.0515. The normalized spacial score (nSPS) is 12.8. The first-order valence-corrected chi connectivity index (χ1v) is 4.65. The lowest BCUT2D eigenvalue weighted by atomic mass is 10.1. The second kappa shape index (κ2) is 4.47.